The van der Waals surface area contributed by atoms with Crippen LogP contribution in [0.3, 0.4) is 0 Å². The second-order valence-corrected chi connectivity index (χ2v) is 5.29. The van der Waals surface area contributed by atoms with E-state index in [0.29, 0.717) is 12.0 Å². The van der Waals surface area contributed by atoms with E-state index in [2.05, 4.69) is 21.5 Å². The second-order valence-electron chi connectivity index (χ2n) is 4.15. The van der Waals surface area contributed by atoms with Gasteiger partial charge in [-0.3, -0.25) is 0 Å². The normalized spacial score (nSPS) is 25.3. The third kappa shape index (κ3) is 3.01. The van der Waals surface area contributed by atoms with Crippen LogP contribution in [0, 0.1) is 0 Å². The lowest BCUT2D eigenvalue weighted by Gasteiger charge is -2.28. The fraction of sp³-hybridized carbons (Fsp3) is 0.636. The van der Waals surface area contributed by atoms with Crippen molar-refractivity contribution in [2.75, 3.05) is 17.3 Å². The zero-order valence-electron chi connectivity index (χ0n) is 9.52. The Bertz CT molecular complexity index is 337. The molecule has 88 valence electrons. The first kappa shape index (κ1) is 11.5. The van der Waals surface area contributed by atoms with Crippen molar-refractivity contribution in [2.45, 2.75) is 37.0 Å². The van der Waals surface area contributed by atoms with Crippen LogP contribution >= 0.6 is 11.8 Å². The molecule has 0 aromatic carbocycles. The topological polar surface area (TPSA) is 63.8 Å². The van der Waals surface area contributed by atoms with Crippen molar-refractivity contribution >= 4 is 23.5 Å². The molecule has 2 rings (SSSR count). The Morgan fingerprint density at radius 2 is 2.12 bits per heavy atom. The van der Waals surface area contributed by atoms with Crippen LogP contribution in [0.5, 0.6) is 0 Å². The molecule has 3 N–H and O–H groups in total. The smallest absolute Gasteiger partial charge is 0.221 e. The number of nitrogens with zero attached hydrogens (tertiary/aromatic N) is 2. The molecule has 0 spiro atoms. The average Bonchev–Trinajstić information content (AvgIpc) is 2.30. The van der Waals surface area contributed by atoms with Crippen LogP contribution in [0.25, 0.3) is 0 Å². The standard InChI is InChI=1S/C11H18N4S/c1-16-9-4-2-8(3-5-9)14-10-6-7-13-11(12)15-10/h6-9H,2-5H2,1H3,(H3,12,13,14,15). The molecule has 0 radical (unpaired) electrons. The van der Waals surface area contributed by atoms with Crippen LogP contribution in [-0.2, 0) is 0 Å². The van der Waals surface area contributed by atoms with E-state index in [9.17, 15) is 0 Å². The molecule has 1 aromatic heterocycles. The molecule has 1 aliphatic carbocycles. The summed E-state index contributed by atoms with van der Waals surface area (Å²) in [7, 11) is 0. The van der Waals surface area contributed by atoms with Crippen molar-refractivity contribution in [1.29, 1.82) is 0 Å². The number of rotatable bonds is 3. The first-order valence-corrected chi connectivity index (χ1v) is 6.94. The van der Waals surface area contributed by atoms with E-state index < -0.39 is 0 Å². The Labute approximate surface area is 100 Å². The van der Waals surface area contributed by atoms with Crippen LogP contribution in [0.1, 0.15) is 25.7 Å². The lowest BCUT2D eigenvalue weighted by atomic mass is 9.95. The Kier molecular flexibility index (Phi) is 3.88. The minimum absolute atomic E-state index is 0.336. The second kappa shape index (κ2) is 5.39. The monoisotopic (exact) mass is 238 g/mol. The number of thioether (sulfide) groups is 1. The van der Waals surface area contributed by atoms with Gasteiger partial charge in [-0.05, 0) is 38.0 Å². The summed E-state index contributed by atoms with van der Waals surface area (Å²) in [4.78, 5) is 8.04. The van der Waals surface area contributed by atoms with E-state index in [1.807, 2.05) is 17.8 Å². The quantitative estimate of drug-likeness (QED) is 0.844. The zero-order chi connectivity index (χ0) is 11.4. The van der Waals surface area contributed by atoms with E-state index in [4.69, 9.17) is 5.73 Å². The predicted octanol–water partition coefficient (Wildman–Crippen LogP) is 2.14. The molecule has 4 nitrogen and oxygen atoms in total. The Morgan fingerprint density at radius 3 is 2.75 bits per heavy atom. The molecule has 0 saturated heterocycles. The fourth-order valence-electron chi connectivity index (χ4n) is 2.11. The van der Waals surface area contributed by atoms with Crippen molar-refractivity contribution in [3.63, 3.8) is 0 Å². The van der Waals surface area contributed by atoms with E-state index in [1.165, 1.54) is 25.7 Å². The fourth-order valence-corrected chi connectivity index (χ4v) is 2.85. The summed E-state index contributed by atoms with van der Waals surface area (Å²) in [5.41, 5.74) is 5.54. The van der Waals surface area contributed by atoms with Gasteiger partial charge in [0.1, 0.15) is 5.82 Å². The molecular formula is C11H18N4S. The number of hydrogen-bond donors (Lipinski definition) is 2. The van der Waals surface area contributed by atoms with E-state index in [0.717, 1.165) is 11.1 Å². The van der Waals surface area contributed by atoms with Crippen LogP contribution in [-0.4, -0.2) is 27.5 Å². The largest absolute Gasteiger partial charge is 0.368 e. The van der Waals surface area contributed by atoms with Crippen LogP contribution < -0.4 is 11.1 Å². The Morgan fingerprint density at radius 1 is 1.38 bits per heavy atom. The third-order valence-corrected chi connectivity index (χ3v) is 4.17. The summed E-state index contributed by atoms with van der Waals surface area (Å²) in [6, 6.07) is 2.41. The molecule has 0 aliphatic heterocycles. The molecule has 0 amide bonds. The van der Waals surface area contributed by atoms with Gasteiger partial charge in [-0.1, -0.05) is 0 Å². The highest BCUT2D eigenvalue weighted by Gasteiger charge is 2.20. The molecule has 1 aliphatic rings. The van der Waals surface area contributed by atoms with Gasteiger partial charge in [0.25, 0.3) is 0 Å². The summed E-state index contributed by atoms with van der Waals surface area (Å²) < 4.78 is 0. The van der Waals surface area contributed by atoms with Gasteiger partial charge in [-0.25, -0.2) is 4.98 Å². The van der Waals surface area contributed by atoms with Gasteiger partial charge in [0.05, 0.1) is 0 Å². The number of nitrogens with two attached hydrogens (primary N) is 1. The summed E-state index contributed by atoms with van der Waals surface area (Å²) in [6.45, 7) is 0. The number of anilines is 2. The van der Waals surface area contributed by atoms with Gasteiger partial charge in [0, 0.05) is 17.5 Å². The minimum atomic E-state index is 0.336. The molecule has 1 aromatic rings. The van der Waals surface area contributed by atoms with Crippen molar-refractivity contribution in [3.05, 3.63) is 12.3 Å². The molecule has 16 heavy (non-hydrogen) atoms. The lowest BCUT2D eigenvalue weighted by Crippen LogP contribution is -2.27. The molecule has 5 heteroatoms. The minimum Gasteiger partial charge on any atom is -0.368 e. The maximum Gasteiger partial charge on any atom is 0.221 e. The van der Waals surface area contributed by atoms with Gasteiger partial charge in [-0.2, -0.15) is 16.7 Å². The molecule has 1 saturated carbocycles. The lowest BCUT2D eigenvalue weighted by molar-refractivity contribution is 0.472. The molecular weight excluding hydrogens is 220 g/mol. The number of hydrogen-bond acceptors (Lipinski definition) is 5. The Balaban J connectivity index is 1.87. The van der Waals surface area contributed by atoms with Gasteiger partial charge >= 0.3 is 0 Å². The first-order chi connectivity index (χ1) is 7.78. The van der Waals surface area contributed by atoms with Gasteiger partial charge in [0.15, 0.2) is 0 Å². The summed E-state index contributed by atoms with van der Waals surface area (Å²) in [6.07, 6.45) is 8.91. The van der Waals surface area contributed by atoms with E-state index in [-0.39, 0.29) is 0 Å². The van der Waals surface area contributed by atoms with Crippen LogP contribution in [0.15, 0.2) is 12.3 Å². The highest BCUT2D eigenvalue weighted by molar-refractivity contribution is 7.99. The summed E-state index contributed by atoms with van der Waals surface area (Å²) in [5.74, 6) is 1.18. The highest BCUT2D eigenvalue weighted by Crippen LogP contribution is 2.28. The molecule has 0 atom stereocenters. The van der Waals surface area contributed by atoms with Gasteiger partial charge < -0.3 is 11.1 Å². The third-order valence-electron chi connectivity index (χ3n) is 3.03. The molecule has 1 heterocycles. The summed E-state index contributed by atoms with van der Waals surface area (Å²) >= 11 is 1.98. The summed E-state index contributed by atoms with van der Waals surface area (Å²) in [5, 5.41) is 4.27. The van der Waals surface area contributed by atoms with Gasteiger partial charge in [0.2, 0.25) is 5.95 Å². The number of aromatic nitrogens is 2. The molecule has 1 fully saturated rings. The first-order valence-electron chi connectivity index (χ1n) is 5.66. The highest BCUT2D eigenvalue weighted by atomic mass is 32.2. The van der Waals surface area contributed by atoms with Gasteiger partial charge in [-0.15, -0.1) is 0 Å². The maximum atomic E-state index is 5.54. The van der Waals surface area contributed by atoms with Crippen LogP contribution in [0.2, 0.25) is 0 Å². The van der Waals surface area contributed by atoms with Crippen LogP contribution in [0.4, 0.5) is 11.8 Å². The van der Waals surface area contributed by atoms with Crippen molar-refractivity contribution < 1.29 is 0 Å². The van der Waals surface area contributed by atoms with Crippen molar-refractivity contribution in [3.8, 4) is 0 Å². The maximum absolute atomic E-state index is 5.54. The number of nitrogens with one attached hydrogen (secondary N) is 1. The average molecular weight is 238 g/mol. The van der Waals surface area contributed by atoms with Crippen molar-refractivity contribution in [1.82, 2.24) is 9.97 Å². The Hall–Kier alpha value is -0.970. The number of nitrogen functional groups attached to an aromatic ring is 1. The van der Waals surface area contributed by atoms with E-state index in [1.54, 1.807) is 6.20 Å². The van der Waals surface area contributed by atoms with Crippen molar-refractivity contribution in [2.24, 2.45) is 0 Å². The molecule has 0 unspecified atom stereocenters. The zero-order valence-corrected chi connectivity index (χ0v) is 10.3. The SMILES string of the molecule is CSC1CCC(Nc2ccnc(N)n2)CC1. The molecule has 0 bridgehead atoms. The predicted molar refractivity (Wildman–Crippen MR) is 69.6 cm³/mol. The van der Waals surface area contributed by atoms with E-state index >= 15 is 0 Å².